The van der Waals surface area contributed by atoms with Crippen LogP contribution in [-0.4, -0.2) is 62.9 Å². The third-order valence-corrected chi connectivity index (χ3v) is 7.91. The molecule has 35 heavy (non-hydrogen) atoms. The maximum atomic E-state index is 13.0. The molecular formula is C27H31N3O4S. The fourth-order valence-electron chi connectivity index (χ4n) is 4.16. The summed E-state index contributed by atoms with van der Waals surface area (Å²) in [7, 11) is -3.58. The van der Waals surface area contributed by atoms with Crippen LogP contribution >= 0.6 is 0 Å². The van der Waals surface area contributed by atoms with Crippen LogP contribution in [0.2, 0.25) is 0 Å². The lowest BCUT2D eigenvalue weighted by Crippen LogP contribution is -2.50. The Bertz CT molecular complexity index is 1220. The number of nitrogens with zero attached hydrogens (tertiary/aromatic N) is 2. The van der Waals surface area contributed by atoms with Crippen LogP contribution in [0.4, 0.5) is 5.69 Å². The monoisotopic (exact) mass is 493 g/mol. The van der Waals surface area contributed by atoms with Gasteiger partial charge in [-0.1, -0.05) is 48.5 Å². The van der Waals surface area contributed by atoms with Gasteiger partial charge in [0.2, 0.25) is 15.9 Å². The molecule has 8 heteroatoms. The lowest BCUT2D eigenvalue weighted by molar-refractivity contribution is -0.117. The zero-order valence-electron chi connectivity index (χ0n) is 19.9. The molecule has 1 aliphatic rings. The number of ether oxygens (including phenoxy) is 1. The Hall–Kier alpha value is -3.20. The first kappa shape index (κ1) is 24.9. The van der Waals surface area contributed by atoms with Crippen molar-refractivity contribution in [2.75, 3.05) is 44.6 Å². The quantitative estimate of drug-likeness (QED) is 0.493. The predicted molar refractivity (Wildman–Crippen MR) is 137 cm³/mol. The molecule has 0 radical (unpaired) electrons. The molecule has 1 fully saturated rings. The SMILES string of the molecule is CCOc1ccc(S(=O)(=O)N2CCN(CC(=O)Nc3ccccc3Cc3ccccc3)CC2)cc1. The first-order valence-electron chi connectivity index (χ1n) is 11.8. The number of benzene rings is 3. The van der Waals surface area contributed by atoms with Gasteiger partial charge in [0.05, 0.1) is 18.0 Å². The minimum atomic E-state index is -3.58. The standard InChI is InChI=1S/C27H31N3O4S/c1-2-34-24-12-14-25(15-13-24)35(32,33)30-18-16-29(17-19-30)21-27(31)28-26-11-7-6-10-23(26)20-22-8-4-3-5-9-22/h3-15H,2,16-21H2,1H3,(H,28,31). The average molecular weight is 494 g/mol. The smallest absolute Gasteiger partial charge is 0.243 e. The summed E-state index contributed by atoms with van der Waals surface area (Å²) >= 11 is 0. The van der Waals surface area contributed by atoms with Crippen LogP contribution in [0.5, 0.6) is 5.75 Å². The number of hydrogen-bond acceptors (Lipinski definition) is 5. The van der Waals surface area contributed by atoms with Crippen LogP contribution in [0, 0.1) is 0 Å². The number of piperazine rings is 1. The molecule has 0 saturated carbocycles. The number of nitrogens with one attached hydrogen (secondary N) is 1. The second kappa shape index (κ2) is 11.5. The maximum absolute atomic E-state index is 13.0. The lowest BCUT2D eigenvalue weighted by Gasteiger charge is -2.33. The van der Waals surface area contributed by atoms with Gasteiger partial charge in [0.25, 0.3) is 0 Å². The third-order valence-electron chi connectivity index (χ3n) is 6.00. The van der Waals surface area contributed by atoms with E-state index in [0.717, 1.165) is 17.7 Å². The highest BCUT2D eigenvalue weighted by molar-refractivity contribution is 7.89. The van der Waals surface area contributed by atoms with Crippen LogP contribution in [0.1, 0.15) is 18.1 Å². The number of anilines is 1. The topological polar surface area (TPSA) is 79.0 Å². The van der Waals surface area contributed by atoms with Gasteiger partial charge in [-0.15, -0.1) is 0 Å². The van der Waals surface area contributed by atoms with Gasteiger partial charge in [0.15, 0.2) is 0 Å². The number of amides is 1. The summed E-state index contributed by atoms with van der Waals surface area (Å²) < 4.78 is 32.9. The summed E-state index contributed by atoms with van der Waals surface area (Å²) in [6.45, 7) is 4.30. The average Bonchev–Trinajstić information content (AvgIpc) is 2.87. The van der Waals surface area contributed by atoms with E-state index in [1.807, 2.05) is 54.3 Å². The molecule has 0 atom stereocenters. The van der Waals surface area contributed by atoms with Crippen molar-refractivity contribution < 1.29 is 17.9 Å². The fraction of sp³-hybridized carbons (Fsp3) is 0.296. The normalized spacial score (nSPS) is 15.0. The fourth-order valence-corrected chi connectivity index (χ4v) is 5.58. The van der Waals surface area contributed by atoms with Crippen molar-refractivity contribution in [2.45, 2.75) is 18.2 Å². The van der Waals surface area contributed by atoms with Crippen LogP contribution in [0.3, 0.4) is 0 Å². The van der Waals surface area contributed by atoms with Gasteiger partial charge in [-0.3, -0.25) is 9.69 Å². The van der Waals surface area contributed by atoms with Crippen LogP contribution in [-0.2, 0) is 21.2 Å². The molecule has 0 aromatic heterocycles. The lowest BCUT2D eigenvalue weighted by atomic mass is 10.0. The Morgan fingerprint density at radius 1 is 0.886 bits per heavy atom. The molecule has 0 spiro atoms. The summed E-state index contributed by atoms with van der Waals surface area (Å²) in [6, 6.07) is 24.5. The second-order valence-corrected chi connectivity index (χ2v) is 10.4. The van der Waals surface area contributed by atoms with Crippen molar-refractivity contribution in [3.8, 4) is 5.75 Å². The molecular weight excluding hydrogens is 462 g/mol. The number of hydrogen-bond donors (Lipinski definition) is 1. The van der Waals surface area contributed by atoms with Crippen molar-refractivity contribution in [1.29, 1.82) is 0 Å². The first-order valence-corrected chi connectivity index (χ1v) is 13.3. The van der Waals surface area contributed by atoms with E-state index in [1.165, 1.54) is 9.87 Å². The molecule has 184 valence electrons. The van der Waals surface area contributed by atoms with E-state index in [4.69, 9.17) is 4.74 Å². The van der Waals surface area contributed by atoms with Crippen molar-refractivity contribution in [2.24, 2.45) is 0 Å². The van der Waals surface area contributed by atoms with Crippen molar-refractivity contribution in [3.05, 3.63) is 90.0 Å². The van der Waals surface area contributed by atoms with Gasteiger partial charge in [-0.2, -0.15) is 4.31 Å². The highest BCUT2D eigenvalue weighted by atomic mass is 32.2. The molecule has 1 amide bonds. The van der Waals surface area contributed by atoms with E-state index in [9.17, 15) is 13.2 Å². The van der Waals surface area contributed by atoms with E-state index >= 15 is 0 Å². The number of sulfonamides is 1. The Labute approximate surface area is 207 Å². The number of para-hydroxylation sites is 1. The maximum Gasteiger partial charge on any atom is 0.243 e. The highest BCUT2D eigenvalue weighted by Gasteiger charge is 2.29. The second-order valence-electron chi connectivity index (χ2n) is 8.45. The highest BCUT2D eigenvalue weighted by Crippen LogP contribution is 2.22. The third kappa shape index (κ3) is 6.48. The zero-order valence-corrected chi connectivity index (χ0v) is 20.7. The molecule has 0 aliphatic carbocycles. The zero-order chi connectivity index (χ0) is 24.7. The van der Waals surface area contributed by atoms with Gasteiger partial charge in [0, 0.05) is 31.9 Å². The van der Waals surface area contributed by atoms with E-state index in [-0.39, 0.29) is 17.3 Å². The molecule has 1 heterocycles. The Kier molecular flexibility index (Phi) is 8.17. The van der Waals surface area contributed by atoms with E-state index in [1.54, 1.807) is 24.3 Å². The minimum Gasteiger partial charge on any atom is -0.494 e. The molecule has 3 aromatic carbocycles. The van der Waals surface area contributed by atoms with Crippen molar-refractivity contribution in [3.63, 3.8) is 0 Å². The molecule has 0 unspecified atom stereocenters. The minimum absolute atomic E-state index is 0.103. The molecule has 1 N–H and O–H groups in total. The van der Waals surface area contributed by atoms with Crippen molar-refractivity contribution in [1.82, 2.24) is 9.21 Å². The Balaban J connectivity index is 1.31. The molecule has 7 nitrogen and oxygen atoms in total. The Morgan fingerprint density at radius 2 is 1.54 bits per heavy atom. The van der Waals surface area contributed by atoms with Crippen LogP contribution < -0.4 is 10.1 Å². The van der Waals surface area contributed by atoms with Gasteiger partial charge in [-0.25, -0.2) is 8.42 Å². The van der Waals surface area contributed by atoms with Crippen LogP contribution in [0.25, 0.3) is 0 Å². The molecule has 1 aliphatic heterocycles. The van der Waals surface area contributed by atoms with E-state index < -0.39 is 10.0 Å². The molecule has 0 bridgehead atoms. The van der Waals surface area contributed by atoms with Crippen molar-refractivity contribution >= 4 is 21.6 Å². The van der Waals surface area contributed by atoms with Gasteiger partial charge >= 0.3 is 0 Å². The Morgan fingerprint density at radius 3 is 2.23 bits per heavy atom. The molecule has 1 saturated heterocycles. The van der Waals surface area contributed by atoms with E-state index in [2.05, 4.69) is 17.4 Å². The summed E-state index contributed by atoms with van der Waals surface area (Å²) in [6.07, 6.45) is 0.735. The number of carbonyl (C=O) groups excluding carboxylic acids is 1. The predicted octanol–water partition coefficient (Wildman–Crippen LogP) is 3.62. The largest absolute Gasteiger partial charge is 0.494 e. The van der Waals surface area contributed by atoms with Gasteiger partial charge in [-0.05, 0) is 54.8 Å². The summed E-state index contributed by atoms with van der Waals surface area (Å²) in [5.74, 6) is 0.543. The summed E-state index contributed by atoms with van der Waals surface area (Å²) in [5, 5.41) is 3.04. The van der Waals surface area contributed by atoms with Gasteiger partial charge < -0.3 is 10.1 Å². The molecule has 3 aromatic rings. The summed E-state index contributed by atoms with van der Waals surface area (Å²) in [5.41, 5.74) is 3.04. The van der Waals surface area contributed by atoms with E-state index in [0.29, 0.717) is 38.5 Å². The first-order chi connectivity index (χ1) is 17.0. The summed E-state index contributed by atoms with van der Waals surface area (Å²) in [4.78, 5) is 15.0. The van der Waals surface area contributed by atoms with Gasteiger partial charge in [0.1, 0.15) is 5.75 Å². The van der Waals surface area contributed by atoms with Crippen LogP contribution in [0.15, 0.2) is 83.8 Å². The number of rotatable bonds is 9. The molecule has 4 rings (SSSR count). The number of carbonyl (C=O) groups is 1.